The van der Waals surface area contributed by atoms with Crippen molar-refractivity contribution in [3.8, 4) is 0 Å². The highest BCUT2D eigenvalue weighted by atomic mass is 32.2. The summed E-state index contributed by atoms with van der Waals surface area (Å²) >= 11 is 1.72. The second-order valence-electron chi connectivity index (χ2n) is 5.10. The number of rotatable bonds is 4. The lowest BCUT2D eigenvalue weighted by atomic mass is 10.0. The molecule has 1 amide bonds. The Hall–Kier alpha value is -0.710. The highest BCUT2D eigenvalue weighted by Gasteiger charge is 2.22. The molecule has 0 aromatic carbocycles. The molecule has 1 rings (SSSR count). The fourth-order valence-corrected chi connectivity index (χ4v) is 2.85. The van der Waals surface area contributed by atoms with Gasteiger partial charge in [-0.15, -0.1) is 0 Å². The number of aliphatic imine (C=N–C) groups is 1. The number of amides is 1. The molecule has 0 saturated carbocycles. The quantitative estimate of drug-likeness (QED) is 0.850. The van der Waals surface area contributed by atoms with Crippen LogP contribution in [0.25, 0.3) is 0 Å². The van der Waals surface area contributed by atoms with E-state index in [1.807, 2.05) is 20.9 Å². The summed E-state index contributed by atoms with van der Waals surface area (Å²) in [4.78, 5) is 18.4. The molecule has 0 aromatic heterocycles. The van der Waals surface area contributed by atoms with E-state index in [2.05, 4.69) is 24.2 Å². The molecule has 1 heterocycles. The minimum absolute atomic E-state index is 0.118. The number of carbonyl (C=O) groups excluding carboxylic acids is 1. The molecule has 0 radical (unpaired) electrons. The van der Waals surface area contributed by atoms with Crippen LogP contribution in [0.5, 0.6) is 0 Å². The molecule has 4 nitrogen and oxygen atoms in total. The van der Waals surface area contributed by atoms with E-state index in [1.54, 1.807) is 16.7 Å². The van der Waals surface area contributed by atoms with Crippen LogP contribution in [0.4, 0.5) is 0 Å². The molecule has 0 aliphatic carbocycles. The topological polar surface area (TPSA) is 44.7 Å². The second-order valence-corrected chi connectivity index (χ2v) is 6.18. The predicted octanol–water partition coefficient (Wildman–Crippen LogP) is 1.96. The molecule has 0 fully saturated rings. The molecule has 104 valence electrons. The Morgan fingerprint density at radius 3 is 2.78 bits per heavy atom. The van der Waals surface area contributed by atoms with Crippen LogP contribution < -0.4 is 5.32 Å². The van der Waals surface area contributed by atoms with Crippen molar-refractivity contribution in [2.45, 2.75) is 46.2 Å². The van der Waals surface area contributed by atoms with Crippen molar-refractivity contribution >= 4 is 22.8 Å². The second kappa shape index (κ2) is 7.02. The zero-order valence-corrected chi connectivity index (χ0v) is 12.9. The third kappa shape index (κ3) is 4.19. The highest BCUT2D eigenvalue weighted by molar-refractivity contribution is 8.13. The number of amidine groups is 1. The monoisotopic (exact) mass is 271 g/mol. The molecular formula is C13H25N3OS. The van der Waals surface area contributed by atoms with Gasteiger partial charge < -0.3 is 10.2 Å². The first kappa shape index (κ1) is 15.3. The van der Waals surface area contributed by atoms with Crippen LogP contribution in [0, 0.1) is 5.92 Å². The molecule has 0 saturated heterocycles. The van der Waals surface area contributed by atoms with Crippen LogP contribution >= 0.6 is 11.8 Å². The normalized spacial score (nSPS) is 21.4. The van der Waals surface area contributed by atoms with E-state index in [9.17, 15) is 4.79 Å². The number of carbonyl (C=O) groups is 1. The number of likely N-dealkylation sites (N-methyl/N-ethyl adjacent to an activating group) is 1. The van der Waals surface area contributed by atoms with E-state index in [-0.39, 0.29) is 11.9 Å². The molecule has 0 spiro atoms. The molecule has 0 aromatic rings. The van der Waals surface area contributed by atoms with Gasteiger partial charge >= 0.3 is 0 Å². The van der Waals surface area contributed by atoms with Gasteiger partial charge in [0.25, 0.3) is 0 Å². The van der Waals surface area contributed by atoms with Gasteiger partial charge in [0.2, 0.25) is 5.91 Å². The van der Waals surface area contributed by atoms with Crippen molar-refractivity contribution in [1.29, 1.82) is 0 Å². The molecule has 0 bridgehead atoms. The van der Waals surface area contributed by atoms with E-state index < -0.39 is 0 Å². The Morgan fingerprint density at radius 2 is 2.22 bits per heavy atom. The van der Waals surface area contributed by atoms with E-state index >= 15 is 0 Å². The maximum atomic E-state index is 12.0. The average molecular weight is 271 g/mol. The lowest BCUT2D eigenvalue weighted by Gasteiger charge is -2.26. The van der Waals surface area contributed by atoms with Crippen molar-refractivity contribution < 1.29 is 4.79 Å². The summed E-state index contributed by atoms with van der Waals surface area (Å²) in [5.74, 6) is 1.76. The van der Waals surface area contributed by atoms with Crippen molar-refractivity contribution in [2.75, 3.05) is 19.3 Å². The van der Waals surface area contributed by atoms with Gasteiger partial charge in [0.15, 0.2) is 5.17 Å². The number of thioether (sulfide) groups is 1. The third-order valence-corrected chi connectivity index (χ3v) is 4.20. The Bertz CT molecular complexity index is 317. The van der Waals surface area contributed by atoms with E-state index in [4.69, 9.17) is 0 Å². The van der Waals surface area contributed by atoms with Crippen molar-refractivity contribution in [2.24, 2.45) is 10.9 Å². The van der Waals surface area contributed by atoms with Crippen LogP contribution in [-0.2, 0) is 4.79 Å². The van der Waals surface area contributed by atoms with Crippen LogP contribution in [0.2, 0.25) is 0 Å². The summed E-state index contributed by atoms with van der Waals surface area (Å²) in [6.07, 6.45) is 1.13. The van der Waals surface area contributed by atoms with Gasteiger partial charge in [0, 0.05) is 19.3 Å². The molecule has 1 aliphatic rings. The maximum Gasteiger partial charge on any atom is 0.244 e. The smallest absolute Gasteiger partial charge is 0.244 e. The lowest BCUT2D eigenvalue weighted by Crippen LogP contribution is -2.45. The molecule has 1 aliphatic heterocycles. The van der Waals surface area contributed by atoms with Crippen LogP contribution in [0.1, 0.15) is 34.1 Å². The van der Waals surface area contributed by atoms with Gasteiger partial charge in [-0.05, 0) is 26.2 Å². The Morgan fingerprint density at radius 1 is 1.56 bits per heavy atom. The summed E-state index contributed by atoms with van der Waals surface area (Å²) < 4.78 is 0. The van der Waals surface area contributed by atoms with E-state index in [0.717, 1.165) is 23.9 Å². The van der Waals surface area contributed by atoms with Crippen molar-refractivity contribution in [3.05, 3.63) is 0 Å². The lowest BCUT2D eigenvalue weighted by molar-refractivity contribution is -0.131. The van der Waals surface area contributed by atoms with Gasteiger partial charge in [-0.3, -0.25) is 9.79 Å². The summed E-state index contributed by atoms with van der Waals surface area (Å²) in [5.41, 5.74) is 0. The number of hydrogen-bond acceptors (Lipinski definition) is 4. The maximum absolute atomic E-state index is 12.0. The van der Waals surface area contributed by atoms with Gasteiger partial charge in [-0.25, -0.2) is 0 Å². The minimum atomic E-state index is -0.202. The first-order valence-electron chi connectivity index (χ1n) is 6.67. The summed E-state index contributed by atoms with van der Waals surface area (Å²) in [6.45, 7) is 9.00. The summed E-state index contributed by atoms with van der Waals surface area (Å²) in [5, 5.41) is 4.16. The van der Waals surface area contributed by atoms with Crippen molar-refractivity contribution in [3.63, 3.8) is 0 Å². The zero-order chi connectivity index (χ0) is 13.7. The molecule has 5 heteroatoms. The molecule has 18 heavy (non-hydrogen) atoms. The third-order valence-electron chi connectivity index (χ3n) is 3.27. The molecular weight excluding hydrogens is 246 g/mol. The van der Waals surface area contributed by atoms with Gasteiger partial charge in [0.05, 0.1) is 6.04 Å². The minimum Gasteiger partial charge on any atom is -0.353 e. The van der Waals surface area contributed by atoms with Gasteiger partial charge in [0.1, 0.15) is 6.04 Å². The molecule has 2 atom stereocenters. The zero-order valence-electron chi connectivity index (χ0n) is 12.1. The predicted molar refractivity (Wildman–Crippen MR) is 79.0 cm³/mol. The van der Waals surface area contributed by atoms with E-state index in [1.165, 1.54) is 0 Å². The number of nitrogens with zero attached hydrogens (tertiary/aromatic N) is 2. The Labute approximate surface area is 115 Å². The fourth-order valence-electron chi connectivity index (χ4n) is 1.82. The van der Waals surface area contributed by atoms with Crippen LogP contribution in [-0.4, -0.2) is 47.4 Å². The number of nitrogens with one attached hydrogen (secondary N) is 1. The van der Waals surface area contributed by atoms with Gasteiger partial charge in [-0.2, -0.15) is 0 Å². The Balaban J connectivity index is 2.58. The molecule has 2 unspecified atom stereocenters. The molecule has 1 N–H and O–H groups in total. The first-order chi connectivity index (χ1) is 8.45. The largest absolute Gasteiger partial charge is 0.353 e. The summed E-state index contributed by atoms with van der Waals surface area (Å²) in [6, 6.07) is 0.187. The number of hydrogen-bond donors (Lipinski definition) is 1. The highest BCUT2D eigenvalue weighted by Crippen LogP contribution is 2.21. The SMILES string of the molecule is CCN(C)C(=O)C(C)NC1=NC(C(C)C)CCS1. The first-order valence-corrected chi connectivity index (χ1v) is 7.66. The van der Waals surface area contributed by atoms with E-state index in [0.29, 0.717) is 12.0 Å². The standard InChI is InChI=1S/C13H25N3OS/c1-6-16(5)12(17)10(4)14-13-15-11(9(2)3)7-8-18-13/h9-11H,6-8H2,1-5H3,(H,14,15). The Kier molecular flexibility index (Phi) is 5.99. The van der Waals surface area contributed by atoms with Crippen LogP contribution in [0.15, 0.2) is 4.99 Å². The van der Waals surface area contributed by atoms with Gasteiger partial charge in [-0.1, -0.05) is 25.6 Å². The summed E-state index contributed by atoms with van der Waals surface area (Å²) in [7, 11) is 1.83. The van der Waals surface area contributed by atoms with Crippen molar-refractivity contribution in [1.82, 2.24) is 10.2 Å². The van der Waals surface area contributed by atoms with Crippen LogP contribution in [0.3, 0.4) is 0 Å². The average Bonchev–Trinajstić information content (AvgIpc) is 2.37. The fraction of sp³-hybridized carbons (Fsp3) is 0.846.